The number of para-hydroxylation sites is 1. The molecule has 19 heavy (non-hydrogen) atoms. The Morgan fingerprint density at radius 1 is 1.16 bits per heavy atom. The van der Waals surface area contributed by atoms with Gasteiger partial charge in [-0.15, -0.1) is 0 Å². The molecule has 0 bridgehead atoms. The fourth-order valence-electron chi connectivity index (χ4n) is 1.90. The average molecular weight is 258 g/mol. The summed E-state index contributed by atoms with van der Waals surface area (Å²) in [5, 5.41) is 13.0. The van der Waals surface area contributed by atoms with E-state index in [2.05, 4.69) is 10.3 Å². The molecule has 4 heteroatoms. The smallest absolute Gasteiger partial charge is 0.138 e. The molecule has 0 atom stereocenters. The van der Waals surface area contributed by atoms with Crippen LogP contribution in [0, 0.1) is 6.92 Å². The summed E-state index contributed by atoms with van der Waals surface area (Å²) in [7, 11) is 1.66. The first-order valence-electron chi connectivity index (χ1n) is 6.19. The lowest BCUT2D eigenvalue weighted by Crippen LogP contribution is -2.14. The standard InChI is InChI=1S/C15H18N2O2/c1-11-7-8-14(18)13(17-11)10-16-9-12-5-3-4-6-15(12)19-2/h3-8,16,18H,9-10H2,1-2H3. The number of aromatic hydroxyl groups is 1. The van der Waals surface area contributed by atoms with Gasteiger partial charge in [0.15, 0.2) is 0 Å². The van der Waals surface area contributed by atoms with Gasteiger partial charge in [-0.25, -0.2) is 0 Å². The van der Waals surface area contributed by atoms with Crippen molar-refractivity contribution in [3.05, 3.63) is 53.3 Å². The van der Waals surface area contributed by atoms with Crippen molar-refractivity contribution in [1.82, 2.24) is 10.3 Å². The molecule has 0 aliphatic carbocycles. The van der Waals surface area contributed by atoms with Gasteiger partial charge in [0.2, 0.25) is 0 Å². The SMILES string of the molecule is COc1ccccc1CNCc1nc(C)ccc1O. The first kappa shape index (κ1) is 13.4. The van der Waals surface area contributed by atoms with Crippen molar-refractivity contribution >= 4 is 0 Å². The highest BCUT2D eigenvalue weighted by molar-refractivity contribution is 5.33. The van der Waals surface area contributed by atoms with E-state index >= 15 is 0 Å². The number of ether oxygens (including phenoxy) is 1. The second-order valence-corrected chi connectivity index (χ2v) is 4.33. The van der Waals surface area contributed by atoms with E-state index in [4.69, 9.17) is 4.74 Å². The zero-order valence-electron chi connectivity index (χ0n) is 11.2. The summed E-state index contributed by atoms with van der Waals surface area (Å²) in [4.78, 5) is 4.30. The van der Waals surface area contributed by atoms with Crippen LogP contribution in [0.5, 0.6) is 11.5 Å². The molecular weight excluding hydrogens is 240 g/mol. The largest absolute Gasteiger partial charge is 0.506 e. The van der Waals surface area contributed by atoms with Crippen molar-refractivity contribution in [2.75, 3.05) is 7.11 Å². The Bertz CT molecular complexity index is 556. The van der Waals surface area contributed by atoms with Gasteiger partial charge < -0.3 is 15.2 Å². The van der Waals surface area contributed by atoms with Crippen LogP contribution in [-0.4, -0.2) is 17.2 Å². The molecular formula is C15H18N2O2. The summed E-state index contributed by atoms with van der Waals surface area (Å²) in [6.07, 6.45) is 0. The van der Waals surface area contributed by atoms with Gasteiger partial charge in [-0.2, -0.15) is 0 Å². The molecule has 0 aliphatic heterocycles. The summed E-state index contributed by atoms with van der Waals surface area (Å²) in [6, 6.07) is 11.3. The third kappa shape index (κ3) is 3.45. The van der Waals surface area contributed by atoms with Gasteiger partial charge in [0.1, 0.15) is 11.5 Å². The van der Waals surface area contributed by atoms with E-state index in [9.17, 15) is 5.11 Å². The van der Waals surface area contributed by atoms with Crippen molar-refractivity contribution in [2.24, 2.45) is 0 Å². The number of pyridine rings is 1. The predicted octanol–water partition coefficient (Wildman–Crippen LogP) is 2.39. The van der Waals surface area contributed by atoms with Gasteiger partial charge in [-0.05, 0) is 25.1 Å². The number of nitrogens with one attached hydrogen (secondary N) is 1. The molecule has 2 rings (SSSR count). The Labute approximate surface area is 113 Å². The molecule has 0 fully saturated rings. The molecule has 0 saturated carbocycles. The van der Waals surface area contributed by atoms with E-state index < -0.39 is 0 Å². The highest BCUT2D eigenvalue weighted by Gasteiger charge is 2.04. The highest BCUT2D eigenvalue weighted by Crippen LogP contribution is 2.18. The molecule has 4 nitrogen and oxygen atoms in total. The fraction of sp³-hybridized carbons (Fsp3) is 0.267. The molecule has 2 N–H and O–H groups in total. The lowest BCUT2D eigenvalue weighted by molar-refractivity contribution is 0.407. The summed E-state index contributed by atoms with van der Waals surface area (Å²) in [5.74, 6) is 1.08. The third-order valence-electron chi connectivity index (χ3n) is 2.89. The highest BCUT2D eigenvalue weighted by atomic mass is 16.5. The van der Waals surface area contributed by atoms with Gasteiger partial charge >= 0.3 is 0 Å². The van der Waals surface area contributed by atoms with Crippen molar-refractivity contribution < 1.29 is 9.84 Å². The lowest BCUT2D eigenvalue weighted by atomic mass is 10.2. The number of benzene rings is 1. The van der Waals surface area contributed by atoms with Crippen LogP contribution in [0.4, 0.5) is 0 Å². The van der Waals surface area contributed by atoms with Crippen LogP contribution < -0.4 is 10.1 Å². The van der Waals surface area contributed by atoms with Gasteiger partial charge in [0.05, 0.1) is 12.8 Å². The van der Waals surface area contributed by atoms with Crippen LogP contribution >= 0.6 is 0 Å². The number of hydrogen-bond donors (Lipinski definition) is 2. The van der Waals surface area contributed by atoms with E-state index in [0.29, 0.717) is 18.8 Å². The fourth-order valence-corrected chi connectivity index (χ4v) is 1.90. The maximum atomic E-state index is 9.71. The quantitative estimate of drug-likeness (QED) is 0.864. The monoisotopic (exact) mass is 258 g/mol. The van der Waals surface area contributed by atoms with Crippen molar-refractivity contribution in [2.45, 2.75) is 20.0 Å². The van der Waals surface area contributed by atoms with Crippen molar-refractivity contribution in [3.8, 4) is 11.5 Å². The Kier molecular flexibility index (Phi) is 4.36. The van der Waals surface area contributed by atoms with E-state index in [1.165, 1.54) is 0 Å². The molecule has 0 saturated heterocycles. The molecule has 100 valence electrons. The van der Waals surface area contributed by atoms with Gasteiger partial charge in [0.25, 0.3) is 0 Å². The maximum absolute atomic E-state index is 9.71. The molecule has 0 unspecified atom stereocenters. The third-order valence-corrected chi connectivity index (χ3v) is 2.89. The summed E-state index contributed by atoms with van der Waals surface area (Å²) in [6.45, 7) is 3.09. The van der Waals surface area contributed by atoms with E-state index in [1.54, 1.807) is 19.2 Å². The number of hydrogen-bond acceptors (Lipinski definition) is 4. The molecule has 2 aromatic rings. The van der Waals surface area contributed by atoms with Crippen LogP contribution in [0.25, 0.3) is 0 Å². The molecule has 0 amide bonds. The number of rotatable bonds is 5. The maximum Gasteiger partial charge on any atom is 0.138 e. The Hall–Kier alpha value is -2.07. The number of aromatic nitrogens is 1. The molecule has 1 aromatic heterocycles. The first-order valence-corrected chi connectivity index (χ1v) is 6.19. The summed E-state index contributed by atoms with van der Waals surface area (Å²) >= 11 is 0. The minimum atomic E-state index is 0.220. The van der Waals surface area contributed by atoms with Crippen LogP contribution in [-0.2, 0) is 13.1 Å². The van der Waals surface area contributed by atoms with Gasteiger partial charge in [0, 0.05) is 24.3 Å². The second-order valence-electron chi connectivity index (χ2n) is 4.33. The minimum Gasteiger partial charge on any atom is -0.506 e. The molecule has 0 spiro atoms. The molecule has 0 aliphatic rings. The van der Waals surface area contributed by atoms with Gasteiger partial charge in [-0.1, -0.05) is 18.2 Å². The summed E-state index contributed by atoms with van der Waals surface area (Å²) < 4.78 is 5.29. The zero-order chi connectivity index (χ0) is 13.7. The molecule has 0 radical (unpaired) electrons. The van der Waals surface area contributed by atoms with Gasteiger partial charge in [-0.3, -0.25) is 4.98 Å². The summed E-state index contributed by atoms with van der Waals surface area (Å²) in [5.41, 5.74) is 2.64. The number of methoxy groups -OCH3 is 1. The average Bonchev–Trinajstić information content (AvgIpc) is 2.43. The number of aryl methyl sites for hydroxylation is 1. The number of nitrogens with zero attached hydrogens (tertiary/aromatic N) is 1. The van der Waals surface area contributed by atoms with Crippen LogP contribution in [0.1, 0.15) is 17.0 Å². The predicted molar refractivity (Wildman–Crippen MR) is 74.2 cm³/mol. The lowest BCUT2D eigenvalue weighted by Gasteiger charge is -2.10. The topological polar surface area (TPSA) is 54.4 Å². The molecule has 1 heterocycles. The zero-order valence-corrected chi connectivity index (χ0v) is 11.2. The minimum absolute atomic E-state index is 0.220. The van der Waals surface area contributed by atoms with E-state index in [1.807, 2.05) is 31.2 Å². The van der Waals surface area contributed by atoms with Crippen LogP contribution in [0.15, 0.2) is 36.4 Å². The van der Waals surface area contributed by atoms with E-state index in [0.717, 1.165) is 17.0 Å². The van der Waals surface area contributed by atoms with Crippen molar-refractivity contribution in [1.29, 1.82) is 0 Å². The Balaban J connectivity index is 1.98. The van der Waals surface area contributed by atoms with Crippen molar-refractivity contribution in [3.63, 3.8) is 0 Å². The van der Waals surface area contributed by atoms with Crippen LogP contribution in [0.3, 0.4) is 0 Å². The Morgan fingerprint density at radius 2 is 1.95 bits per heavy atom. The first-order chi connectivity index (χ1) is 9.20. The normalized spacial score (nSPS) is 10.4. The van der Waals surface area contributed by atoms with E-state index in [-0.39, 0.29) is 5.75 Å². The molecule has 1 aromatic carbocycles. The second kappa shape index (κ2) is 6.20. The van der Waals surface area contributed by atoms with Crippen LogP contribution in [0.2, 0.25) is 0 Å². The Morgan fingerprint density at radius 3 is 2.74 bits per heavy atom.